The molecule has 9 nitrogen and oxygen atoms in total. The second-order valence-electron chi connectivity index (χ2n) is 6.39. The molecule has 0 atom stereocenters. The Hall–Kier alpha value is -3.33. The van der Waals surface area contributed by atoms with Crippen LogP contribution in [0.25, 0.3) is 28.6 Å². The minimum Gasteiger partial charge on any atom is -0.309 e. The Bertz CT molecular complexity index is 1060. The maximum Gasteiger partial charge on any atom is 0.204 e. The van der Waals surface area contributed by atoms with Gasteiger partial charge in [-0.3, -0.25) is 9.25 Å². The van der Waals surface area contributed by atoms with Gasteiger partial charge in [-0.2, -0.15) is 9.90 Å². The van der Waals surface area contributed by atoms with Crippen LogP contribution in [0, 0.1) is 0 Å². The van der Waals surface area contributed by atoms with Crippen LogP contribution >= 0.6 is 0 Å². The molecule has 0 bridgehead atoms. The monoisotopic (exact) mass is 361 g/mol. The molecule has 0 fully saturated rings. The molecule has 136 valence electrons. The molecule has 1 aromatic carbocycles. The van der Waals surface area contributed by atoms with Crippen molar-refractivity contribution in [1.29, 1.82) is 0 Å². The standard InChI is InChI=1S/C18H19N9/c1-2-27-23-17(21-24-27)13-4-3-5-14(10-13)25-8-7-20-18(25)16-11-15-12-19-6-9-26(15)22-16/h3-5,7-8,10-11,19H,2,6,9,12H2,1H3. The van der Waals surface area contributed by atoms with Gasteiger partial charge in [0.15, 0.2) is 5.82 Å². The van der Waals surface area contributed by atoms with Gasteiger partial charge < -0.3 is 5.32 Å². The summed E-state index contributed by atoms with van der Waals surface area (Å²) in [6.45, 7) is 5.33. The van der Waals surface area contributed by atoms with Crippen molar-refractivity contribution in [3.8, 4) is 28.6 Å². The Morgan fingerprint density at radius 3 is 3.00 bits per heavy atom. The van der Waals surface area contributed by atoms with Gasteiger partial charge in [-0.05, 0) is 30.3 Å². The minimum absolute atomic E-state index is 0.615. The van der Waals surface area contributed by atoms with Crippen molar-refractivity contribution in [2.45, 2.75) is 26.6 Å². The molecule has 0 aliphatic carbocycles. The van der Waals surface area contributed by atoms with Crippen LogP contribution in [0.5, 0.6) is 0 Å². The molecule has 0 unspecified atom stereocenters. The summed E-state index contributed by atoms with van der Waals surface area (Å²) >= 11 is 0. The first-order valence-electron chi connectivity index (χ1n) is 9.01. The Morgan fingerprint density at radius 2 is 2.15 bits per heavy atom. The van der Waals surface area contributed by atoms with Crippen LogP contribution in [-0.4, -0.2) is 46.1 Å². The van der Waals surface area contributed by atoms with E-state index in [2.05, 4.69) is 31.8 Å². The zero-order valence-electron chi connectivity index (χ0n) is 14.9. The fourth-order valence-corrected chi connectivity index (χ4v) is 3.29. The summed E-state index contributed by atoms with van der Waals surface area (Å²) in [5, 5.41) is 20.7. The molecule has 5 rings (SSSR count). The summed E-state index contributed by atoms with van der Waals surface area (Å²) in [6.07, 6.45) is 3.74. The molecule has 4 aromatic rings. The van der Waals surface area contributed by atoms with Gasteiger partial charge in [-0.1, -0.05) is 12.1 Å². The highest BCUT2D eigenvalue weighted by molar-refractivity contribution is 5.61. The number of aromatic nitrogens is 8. The highest BCUT2D eigenvalue weighted by Gasteiger charge is 2.17. The molecule has 27 heavy (non-hydrogen) atoms. The van der Waals surface area contributed by atoms with Gasteiger partial charge in [0, 0.05) is 36.7 Å². The number of hydrogen-bond acceptors (Lipinski definition) is 6. The molecule has 0 saturated carbocycles. The Balaban J connectivity index is 1.54. The number of aryl methyl sites for hydroxylation is 1. The Labute approximate surface area is 155 Å². The smallest absolute Gasteiger partial charge is 0.204 e. The molecular formula is C18H19N9. The van der Waals surface area contributed by atoms with Gasteiger partial charge in [0.1, 0.15) is 5.69 Å². The van der Waals surface area contributed by atoms with Crippen LogP contribution in [0.2, 0.25) is 0 Å². The molecule has 0 saturated heterocycles. The Morgan fingerprint density at radius 1 is 1.19 bits per heavy atom. The largest absolute Gasteiger partial charge is 0.309 e. The van der Waals surface area contributed by atoms with Crippen molar-refractivity contribution < 1.29 is 0 Å². The quantitative estimate of drug-likeness (QED) is 0.592. The first kappa shape index (κ1) is 15.9. The maximum absolute atomic E-state index is 4.73. The minimum atomic E-state index is 0.615. The fourth-order valence-electron chi connectivity index (χ4n) is 3.29. The van der Waals surface area contributed by atoms with Gasteiger partial charge in [0.25, 0.3) is 0 Å². The summed E-state index contributed by atoms with van der Waals surface area (Å²) in [5.41, 5.74) is 3.95. The highest BCUT2D eigenvalue weighted by Crippen LogP contribution is 2.24. The molecular weight excluding hydrogens is 342 g/mol. The number of imidazole rings is 1. The molecule has 1 aliphatic rings. The van der Waals surface area contributed by atoms with Crippen LogP contribution in [0.3, 0.4) is 0 Å². The summed E-state index contributed by atoms with van der Waals surface area (Å²) in [6, 6.07) is 10.2. The van der Waals surface area contributed by atoms with Crippen molar-refractivity contribution in [2.75, 3.05) is 6.54 Å². The second-order valence-corrected chi connectivity index (χ2v) is 6.39. The maximum atomic E-state index is 4.73. The molecule has 1 aliphatic heterocycles. The van der Waals surface area contributed by atoms with E-state index in [9.17, 15) is 0 Å². The normalized spacial score (nSPS) is 13.7. The molecule has 3 aromatic heterocycles. The molecule has 4 heterocycles. The van der Waals surface area contributed by atoms with E-state index in [1.807, 2.05) is 46.6 Å². The van der Waals surface area contributed by atoms with E-state index < -0.39 is 0 Å². The van der Waals surface area contributed by atoms with Gasteiger partial charge >= 0.3 is 0 Å². The molecule has 0 amide bonds. The predicted molar refractivity (Wildman–Crippen MR) is 99.0 cm³/mol. The number of rotatable bonds is 4. The third-order valence-electron chi connectivity index (χ3n) is 4.66. The van der Waals surface area contributed by atoms with Gasteiger partial charge in [-0.25, -0.2) is 4.98 Å². The van der Waals surface area contributed by atoms with Crippen LogP contribution in [-0.2, 0) is 19.6 Å². The lowest BCUT2D eigenvalue weighted by Crippen LogP contribution is -2.28. The van der Waals surface area contributed by atoms with Crippen LogP contribution in [0.1, 0.15) is 12.6 Å². The SMILES string of the molecule is CCn1nnc(-c2cccc(-n3ccnc3-c3cc4n(n3)CCNC4)c2)n1. The number of nitrogens with zero attached hydrogens (tertiary/aromatic N) is 8. The summed E-state index contributed by atoms with van der Waals surface area (Å²) < 4.78 is 4.09. The van der Waals surface area contributed by atoms with Crippen molar-refractivity contribution in [2.24, 2.45) is 0 Å². The number of tetrazole rings is 1. The lowest BCUT2D eigenvalue weighted by Gasteiger charge is -2.13. The van der Waals surface area contributed by atoms with E-state index in [-0.39, 0.29) is 0 Å². The van der Waals surface area contributed by atoms with Crippen LogP contribution in [0.15, 0.2) is 42.7 Å². The average Bonchev–Trinajstić information content (AvgIpc) is 3.46. The topological polar surface area (TPSA) is 91.3 Å². The zero-order valence-corrected chi connectivity index (χ0v) is 14.9. The van der Waals surface area contributed by atoms with Gasteiger partial charge in [-0.15, -0.1) is 10.2 Å². The van der Waals surface area contributed by atoms with Crippen molar-refractivity contribution in [3.63, 3.8) is 0 Å². The summed E-state index contributed by atoms with van der Waals surface area (Å²) in [4.78, 5) is 6.12. The van der Waals surface area contributed by atoms with Crippen molar-refractivity contribution in [3.05, 3.63) is 48.4 Å². The first-order valence-corrected chi connectivity index (χ1v) is 9.01. The molecule has 1 N–H and O–H groups in total. The van der Waals surface area contributed by atoms with Crippen molar-refractivity contribution >= 4 is 0 Å². The predicted octanol–water partition coefficient (Wildman–Crippen LogP) is 1.51. The summed E-state index contributed by atoms with van der Waals surface area (Å²) in [7, 11) is 0. The number of fused-ring (bicyclic) bond motifs is 1. The highest BCUT2D eigenvalue weighted by atomic mass is 15.6. The van der Waals surface area contributed by atoms with E-state index in [0.717, 1.165) is 42.4 Å². The number of nitrogens with one attached hydrogen (secondary N) is 1. The van der Waals surface area contributed by atoms with E-state index in [4.69, 9.17) is 5.10 Å². The fraction of sp³-hybridized carbons (Fsp3) is 0.278. The third-order valence-corrected chi connectivity index (χ3v) is 4.66. The number of hydrogen-bond donors (Lipinski definition) is 1. The lowest BCUT2D eigenvalue weighted by atomic mass is 10.2. The van der Waals surface area contributed by atoms with E-state index in [0.29, 0.717) is 12.4 Å². The first-order chi connectivity index (χ1) is 13.3. The average molecular weight is 361 g/mol. The molecule has 0 spiro atoms. The van der Waals surface area contributed by atoms with E-state index >= 15 is 0 Å². The molecule has 0 radical (unpaired) electrons. The third kappa shape index (κ3) is 2.81. The molecule has 9 heteroatoms. The van der Waals surface area contributed by atoms with Crippen LogP contribution < -0.4 is 5.32 Å². The van der Waals surface area contributed by atoms with Gasteiger partial charge in [0.2, 0.25) is 5.82 Å². The van der Waals surface area contributed by atoms with Crippen LogP contribution in [0.4, 0.5) is 0 Å². The zero-order chi connectivity index (χ0) is 18.2. The number of benzene rings is 1. The van der Waals surface area contributed by atoms with E-state index in [1.54, 1.807) is 11.0 Å². The van der Waals surface area contributed by atoms with Gasteiger partial charge in [0.05, 0.1) is 18.8 Å². The summed E-state index contributed by atoms with van der Waals surface area (Å²) in [5.74, 6) is 1.43. The van der Waals surface area contributed by atoms with E-state index in [1.165, 1.54) is 5.69 Å². The second kappa shape index (κ2) is 6.44. The lowest BCUT2D eigenvalue weighted by molar-refractivity contribution is 0.476. The Kier molecular flexibility index (Phi) is 3.79. The van der Waals surface area contributed by atoms with Crippen molar-refractivity contribution in [1.82, 2.24) is 44.9 Å².